The maximum absolute atomic E-state index is 12.5. The summed E-state index contributed by atoms with van der Waals surface area (Å²) in [5.74, 6) is -0.997. The van der Waals surface area contributed by atoms with E-state index in [0.717, 1.165) is 17.1 Å². The number of aryl methyl sites for hydroxylation is 1. The molecule has 0 saturated heterocycles. The molecule has 3 rings (SSSR count). The summed E-state index contributed by atoms with van der Waals surface area (Å²) >= 11 is 1.33. The molecule has 0 atom stereocenters. The number of carbonyl (C=O) groups excluding carboxylic acids is 3. The molecule has 0 aliphatic rings. The van der Waals surface area contributed by atoms with E-state index in [4.69, 9.17) is 0 Å². The third-order valence-electron chi connectivity index (χ3n) is 4.39. The Morgan fingerprint density at radius 3 is 2.41 bits per heavy atom. The molecule has 2 aromatic heterocycles. The van der Waals surface area contributed by atoms with Crippen molar-refractivity contribution in [3.8, 4) is 5.69 Å². The number of hydrogen-bond donors (Lipinski definition) is 3. The van der Waals surface area contributed by atoms with E-state index in [0.29, 0.717) is 10.4 Å². The van der Waals surface area contributed by atoms with Gasteiger partial charge in [-0.25, -0.2) is 0 Å². The molecule has 0 saturated carbocycles. The van der Waals surface area contributed by atoms with E-state index in [1.54, 1.807) is 18.2 Å². The van der Waals surface area contributed by atoms with Gasteiger partial charge in [0.2, 0.25) is 5.91 Å². The fraction of sp³-hybridized carbons (Fsp3) is 0.190. The Morgan fingerprint density at radius 2 is 1.72 bits per heavy atom. The van der Waals surface area contributed by atoms with Gasteiger partial charge in [-0.2, -0.15) is 0 Å². The van der Waals surface area contributed by atoms with E-state index in [1.807, 2.05) is 54.1 Å². The lowest BCUT2D eigenvalue weighted by Gasteiger charge is -2.10. The molecule has 150 valence electrons. The minimum Gasteiger partial charge on any atom is -0.351 e. The highest BCUT2D eigenvalue weighted by molar-refractivity contribution is 7.12. The van der Waals surface area contributed by atoms with Crippen molar-refractivity contribution in [3.05, 3.63) is 75.7 Å². The normalized spacial score (nSPS) is 10.4. The van der Waals surface area contributed by atoms with Gasteiger partial charge in [-0.15, -0.1) is 11.3 Å². The Balaban J connectivity index is 1.52. The van der Waals surface area contributed by atoms with Crippen LogP contribution >= 0.6 is 11.3 Å². The predicted octanol–water partition coefficient (Wildman–Crippen LogP) is 2.74. The Kier molecular flexibility index (Phi) is 6.46. The molecule has 29 heavy (non-hydrogen) atoms. The number of hydrogen-bond acceptors (Lipinski definition) is 4. The van der Waals surface area contributed by atoms with Crippen molar-refractivity contribution < 1.29 is 14.4 Å². The summed E-state index contributed by atoms with van der Waals surface area (Å²) in [5.41, 5.74) is 7.97. The quantitative estimate of drug-likeness (QED) is 0.546. The summed E-state index contributed by atoms with van der Waals surface area (Å²) in [6, 6.07) is 15.0. The van der Waals surface area contributed by atoms with Gasteiger partial charge in [0.1, 0.15) is 0 Å². The van der Waals surface area contributed by atoms with Crippen LogP contribution in [0.5, 0.6) is 0 Å². The molecule has 0 aliphatic heterocycles. The standard InChI is InChI=1S/C21H22N4O3S/c1-14-13-17(15(2)25(14)16-7-4-3-5-8-16)20(27)24-23-19(26)10-11-22-21(28)18-9-6-12-29-18/h3-9,12-13H,10-11H2,1-2H3,(H,22,28)(H,23,26)(H,24,27). The first-order chi connectivity index (χ1) is 14.0. The van der Waals surface area contributed by atoms with Crippen LogP contribution in [0.1, 0.15) is 37.8 Å². The Hall–Kier alpha value is -3.39. The number of nitrogens with zero attached hydrogens (tertiary/aromatic N) is 1. The fourth-order valence-corrected chi connectivity index (χ4v) is 3.65. The highest BCUT2D eigenvalue weighted by Crippen LogP contribution is 2.20. The van der Waals surface area contributed by atoms with Gasteiger partial charge in [-0.05, 0) is 43.5 Å². The zero-order valence-electron chi connectivity index (χ0n) is 16.2. The second kappa shape index (κ2) is 9.20. The fourth-order valence-electron chi connectivity index (χ4n) is 3.01. The number of para-hydroxylation sites is 1. The SMILES string of the molecule is Cc1cc(C(=O)NNC(=O)CCNC(=O)c2cccs2)c(C)n1-c1ccccc1. The largest absolute Gasteiger partial charge is 0.351 e. The van der Waals surface area contributed by atoms with Gasteiger partial charge in [0, 0.05) is 30.0 Å². The van der Waals surface area contributed by atoms with E-state index >= 15 is 0 Å². The number of hydrazine groups is 1. The minimum atomic E-state index is -0.392. The number of nitrogens with one attached hydrogen (secondary N) is 3. The lowest BCUT2D eigenvalue weighted by Crippen LogP contribution is -2.42. The van der Waals surface area contributed by atoms with Crippen molar-refractivity contribution in [1.82, 2.24) is 20.7 Å². The molecular formula is C21H22N4O3S. The average molecular weight is 410 g/mol. The highest BCUT2D eigenvalue weighted by Gasteiger charge is 2.17. The molecule has 0 spiro atoms. The number of amides is 3. The molecule has 3 N–H and O–H groups in total. The second-order valence-corrected chi connectivity index (χ2v) is 7.39. The first kappa shape index (κ1) is 20.3. The molecule has 3 amide bonds. The molecule has 2 heterocycles. The van der Waals surface area contributed by atoms with E-state index in [-0.39, 0.29) is 24.8 Å². The molecule has 0 radical (unpaired) electrons. The van der Waals surface area contributed by atoms with E-state index in [1.165, 1.54) is 11.3 Å². The van der Waals surface area contributed by atoms with Crippen LogP contribution in [-0.4, -0.2) is 28.8 Å². The highest BCUT2D eigenvalue weighted by atomic mass is 32.1. The first-order valence-electron chi connectivity index (χ1n) is 9.12. The molecular weight excluding hydrogens is 388 g/mol. The molecule has 0 aliphatic carbocycles. The molecule has 1 aromatic carbocycles. The van der Waals surface area contributed by atoms with Crippen LogP contribution in [0.2, 0.25) is 0 Å². The van der Waals surface area contributed by atoms with Crippen LogP contribution in [-0.2, 0) is 4.79 Å². The molecule has 7 nitrogen and oxygen atoms in total. The summed E-state index contributed by atoms with van der Waals surface area (Å²) in [4.78, 5) is 36.9. The number of carbonyl (C=O) groups is 3. The number of thiophene rings is 1. The topological polar surface area (TPSA) is 92.2 Å². The summed E-state index contributed by atoms with van der Waals surface area (Å²) in [6.07, 6.45) is 0.0560. The number of aromatic nitrogens is 1. The van der Waals surface area contributed by atoms with Crippen molar-refractivity contribution in [3.63, 3.8) is 0 Å². The van der Waals surface area contributed by atoms with Gasteiger partial charge in [-0.3, -0.25) is 25.2 Å². The third kappa shape index (κ3) is 4.91. The maximum Gasteiger partial charge on any atom is 0.271 e. The Bertz CT molecular complexity index is 1010. The molecule has 0 fully saturated rings. The van der Waals surface area contributed by atoms with E-state index < -0.39 is 5.91 Å². The maximum atomic E-state index is 12.5. The van der Waals surface area contributed by atoms with Crippen molar-refractivity contribution in [2.45, 2.75) is 20.3 Å². The minimum absolute atomic E-state index is 0.0560. The van der Waals surface area contributed by atoms with Gasteiger partial charge in [0.25, 0.3) is 11.8 Å². The zero-order chi connectivity index (χ0) is 20.8. The van der Waals surface area contributed by atoms with Crippen molar-refractivity contribution >= 4 is 29.1 Å². The van der Waals surface area contributed by atoms with Crippen LogP contribution in [0.4, 0.5) is 0 Å². The Labute approximate surface area is 172 Å². The average Bonchev–Trinajstić information content (AvgIpc) is 3.35. The van der Waals surface area contributed by atoms with Crippen molar-refractivity contribution in [2.24, 2.45) is 0 Å². The first-order valence-corrected chi connectivity index (χ1v) is 10.0. The van der Waals surface area contributed by atoms with Gasteiger partial charge in [0.05, 0.1) is 10.4 Å². The lowest BCUT2D eigenvalue weighted by atomic mass is 10.2. The smallest absolute Gasteiger partial charge is 0.271 e. The predicted molar refractivity (Wildman–Crippen MR) is 112 cm³/mol. The van der Waals surface area contributed by atoms with Crippen LogP contribution in [0.15, 0.2) is 53.9 Å². The Morgan fingerprint density at radius 1 is 0.966 bits per heavy atom. The van der Waals surface area contributed by atoms with Crippen molar-refractivity contribution in [2.75, 3.05) is 6.54 Å². The number of rotatable bonds is 6. The summed E-state index contributed by atoms with van der Waals surface area (Å²) in [5, 5.41) is 4.48. The van der Waals surface area contributed by atoms with Gasteiger partial charge in [0.15, 0.2) is 0 Å². The third-order valence-corrected chi connectivity index (χ3v) is 5.26. The molecule has 0 unspecified atom stereocenters. The van der Waals surface area contributed by atoms with Crippen LogP contribution in [0.3, 0.4) is 0 Å². The van der Waals surface area contributed by atoms with Crippen LogP contribution < -0.4 is 16.2 Å². The van der Waals surface area contributed by atoms with E-state index in [9.17, 15) is 14.4 Å². The van der Waals surface area contributed by atoms with Gasteiger partial charge < -0.3 is 9.88 Å². The second-order valence-electron chi connectivity index (χ2n) is 6.44. The number of benzene rings is 1. The van der Waals surface area contributed by atoms with Crippen molar-refractivity contribution in [1.29, 1.82) is 0 Å². The molecule has 3 aromatic rings. The zero-order valence-corrected chi connectivity index (χ0v) is 17.0. The van der Waals surface area contributed by atoms with Crippen LogP contribution in [0.25, 0.3) is 5.69 Å². The van der Waals surface area contributed by atoms with Gasteiger partial charge in [-0.1, -0.05) is 24.3 Å². The van der Waals surface area contributed by atoms with E-state index in [2.05, 4.69) is 16.2 Å². The summed E-state index contributed by atoms with van der Waals surface area (Å²) < 4.78 is 1.98. The monoisotopic (exact) mass is 410 g/mol. The van der Waals surface area contributed by atoms with Crippen LogP contribution in [0, 0.1) is 13.8 Å². The summed E-state index contributed by atoms with van der Waals surface area (Å²) in [6.45, 7) is 3.96. The summed E-state index contributed by atoms with van der Waals surface area (Å²) in [7, 11) is 0. The van der Waals surface area contributed by atoms with Gasteiger partial charge >= 0.3 is 0 Å². The molecule has 8 heteroatoms. The lowest BCUT2D eigenvalue weighted by molar-refractivity contribution is -0.121. The molecule has 0 bridgehead atoms.